The summed E-state index contributed by atoms with van der Waals surface area (Å²) in [6.45, 7) is 9.08. The molecule has 16 heavy (non-hydrogen) atoms. The zero-order chi connectivity index (χ0) is 12.4. The van der Waals surface area contributed by atoms with E-state index in [2.05, 4.69) is 5.32 Å². The molecule has 0 heterocycles. The van der Waals surface area contributed by atoms with Gasteiger partial charge in [-0.3, -0.25) is 4.79 Å². The Kier molecular flexibility index (Phi) is 9.24. The molecule has 0 saturated carbocycles. The first-order chi connectivity index (χ1) is 7.65. The lowest BCUT2D eigenvalue weighted by atomic mass is 10.1. The van der Waals surface area contributed by atoms with E-state index in [4.69, 9.17) is 5.11 Å². The summed E-state index contributed by atoms with van der Waals surface area (Å²) < 4.78 is 0. The van der Waals surface area contributed by atoms with E-state index < -0.39 is 0 Å². The van der Waals surface area contributed by atoms with Crippen LogP contribution in [0.5, 0.6) is 0 Å². The third-order valence-electron chi connectivity index (χ3n) is 2.75. The van der Waals surface area contributed by atoms with Crippen LogP contribution < -0.4 is 5.32 Å². The van der Waals surface area contributed by atoms with E-state index in [0.717, 1.165) is 32.5 Å². The molecule has 2 N–H and O–H groups in total. The van der Waals surface area contributed by atoms with Gasteiger partial charge in [0, 0.05) is 19.7 Å². The highest BCUT2D eigenvalue weighted by atomic mass is 16.3. The highest BCUT2D eigenvalue weighted by molar-refractivity contribution is 5.78. The molecule has 96 valence electrons. The maximum absolute atomic E-state index is 11.6. The molecule has 0 aliphatic rings. The first kappa shape index (κ1) is 15.4. The molecule has 0 aliphatic heterocycles. The van der Waals surface area contributed by atoms with Gasteiger partial charge < -0.3 is 15.3 Å². The van der Waals surface area contributed by atoms with E-state index >= 15 is 0 Å². The molecule has 0 fully saturated rings. The Bertz CT molecular complexity index is 182. The number of likely N-dealkylation sites (N-methyl/N-ethyl adjacent to an activating group) is 1. The molecule has 0 rings (SSSR count). The fraction of sp³-hybridized carbons (Fsp3) is 0.917. The number of amides is 1. The van der Waals surface area contributed by atoms with Crippen LogP contribution in [-0.2, 0) is 4.79 Å². The van der Waals surface area contributed by atoms with E-state index in [-0.39, 0.29) is 12.5 Å². The summed E-state index contributed by atoms with van der Waals surface area (Å²) in [5, 5.41) is 12.0. The Morgan fingerprint density at radius 1 is 1.38 bits per heavy atom. The predicted molar refractivity (Wildman–Crippen MR) is 66.3 cm³/mol. The number of hydrogen-bond donors (Lipinski definition) is 2. The first-order valence-electron chi connectivity index (χ1n) is 6.25. The molecule has 0 aromatic rings. The molecule has 0 bridgehead atoms. The van der Waals surface area contributed by atoms with Crippen molar-refractivity contribution in [2.75, 3.05) is 32.8 Å². The predicted octanol–water partition coefficient (Wildman–Crippen LogP) is 0.853. The third kappa shape index (κ3) is 6.80. The summed E-state index contributed by atoms with van der Waals surface area (Å²) >= 11 is 0. The van der Waals surface area contributed by atoms with Gasteiger partial charge in [-0.2, -0.15) is 0 Å². The van der Waals surface area contributed by atoms with Gasteiger partial charge in [0.05, 0.1) is 6.54 Å². The van der Waals surface area contributed by atoms with Crippen molar-refractivity contribution in [3.8, 4) is 0 Å². The van der Waals surface area contributed by atoms with E-state index in [1.807, 2.05) is 25.7 Å². The monoisotopic (exact) mass is 230 g/mol. The molecule has 0 aromatic heterocycles. The standard InChI is InChI=1S/C12H26N2O2/c1-4-14(5-2)12(16)9-13-8-6-7-11(3)10-15/h11,13,15H,4-10H2,1-3H3. The van der Waals surface area contributed by atoms with Crippen LogP contribution in [0.1, 0.15) is 33.6 Å². The fourth-order valence-corrected chi connectivity index (χ4v) is 1.55. The maximum atomic E-state index is 11.6. The van der Waals surface area contributed by atoms with Crippen molar-refractivity contribution in [1.29, 1.82) is 0 Å². The molecule has 1 amide bonds. The highest BCUT2D eigenvalue weighted by Crippen LogP contribution is 2.02. The fourth-order valence-electron chi connectivity index (χ4n) is 1.55. The van der Waals surface area contributed by atoms with Crippen molar-refractivity contribution in [1.82, 2.24) is 10.2 Å². The van der Waals surface area contributed by atoms with Crippen LogP contribution in [0.2, 0.25) is 0 Å². The molecule has 4 nitrogen and oxygen atoms in total. The molecule has 0 aliphatic carbocycles. The molecular formula is C12H26N2O2. The molecule has 0 saturated heterocycles. The lowest BCUT2D eigenvalue weighted by molar-refractivity contribution is -0.129. The second-order valence-electron chi connectivity index (χ2n) is 4.17. The minimum absolute atomic E-state index is 0.167. The second kappa shape index (κ2) is 9.60. The lowest BCUT2D eigenvalue weighted by Gasteiger charge is -2.18. The molecule has 1 unspecified atom stereocenters. The van der Waals surface area contributed by atoms with Gasteiger partial charge in [0.15, 0.2) is 0 Å². The minimum Gasteiger partial charge on any atom is -0.396 e. The Balaban J connectivity index is 3.47. The smallest absolute Gasteiger partial charge is 0.236 e. The molecule has 0 radical (unpaired) electrons. The first-order valence-corrected chi connectivity index (χ1v) is 6.25. The van der Waals surface area contributed by atoms with Gasteiger partial charge in [-0.1, -0.05) is 6.92 Å². The molecule has 4 heteroatoms. The number of rotatable bonds is 9. The van der Waals surface area contributed by atoms with Gasteiger partial charge in [0.2, 0.25) is 5.91 Å². The van der Waals surface area contributed by atoms with Crippen LogP contribution in [-0.4, -0.2) is 48.7 Å². The van der Waals surface area contributed by atoms with E-state index in [9.17, 15) is 4.79 Å². The summed E-state index contributed by atoms with van der Waals surface area (Å²) in [7, 11) is 0. The number of nitrogens with zero attached hydrogens (tertiary/aromatic N) is 1. The highest BCUT2D eigenvalue weighted by Gasteiger charge is 2.07. The van der Waals surface area contributed by atoms with Crippen LogP contribution in [0.3, 0.4) is 0 Å². The lowest BCUT2D eigenvalue weighted by Crippen LogP contribution is -2.38. The molecular weight excluding hydrogens is 204 g/mol. The van der Waals surface area contributed by atoms with Gasteiger partial charge in [-0.05, 0) is 39.2 Å². The van der Waals surface area contributed by atoms with Crippen molar-refractivity contribution in [2.45, 2.75) is 33.6 Å². The number of hydrogen-bond acceptors (Lipinski definition) is 3. The normalized spacial score (nSPS) is 12.5. The quantitative estimate of drug-likeness (QED) is 0.577. The Morgan fingerprint density at radius 2 is 2.00 bits per heavy atom. The SMILES string of the molecule is CCN(CC)C(=O)CNCCCC(C)CO. The topological polar surface area (TPSA) is 52.6 Å². The van der Waals surface area contributed by atoms with Crippen LogP contribution in [0, 0.1) is 5.92 Å². The van der Waals surface area contributed by atoms with Gasteiger partial charge >= 0.3 is 0 Å². The zero-order valence-corrected chi connectivity index (χ0v) is 10.8. The summed E-state index contributed by atoms with van der Waals surface area (Å²) in [4.78, 5) is 13.4. The van der Waals surface area contributed by atoms with Crippen LogP contribution >= 0.6 is 0 Å². The van der Waals surface area contributed by atoms with Gasteiger partial charge in [0.25, 0.3) is 0 Å². The summed E-state index contributed by atoms with van der Waals surface area (Å²) in [5.41, 5.74) is 0. The summed E-state index contributed by atoms with van der Waals surface area (Å²) in [6.07, 6.45) is 2.01. The Hall–Kier alpha value is -0.610. The van der Waals surface area contributed by atoms with Crippen molar-refractivity contribution < 1.29 is 9.90 Å². The van der Waals surface area contributed by atoms with Crippen molar-refractivity contribution in [3.63, 3.8) is 0 Å². The van der Waals surface area contributed by atoms with Crippen LogP contribution in [0.4, 0.5) is 0 Å². The molecule has 0 spiro atoms. The largest absolute Gasteiger partial charge is 0.396 e. The third-order valence-corrected chi connectivity index (χ3v) is 2.75. The number of aliphatic hydroxyl groups excluding tert-OH is 1. The van der Waals surface area contributed by atoms with E-state index in [1.54, 1.807) is 0 Å². The zero-order valence-electron chi connectivity index (χ0n) is 10.8. The van der Waals surface area contributed by atoms with Gasteiger partial charge in [0.1, 0.15) is 0 Å². The number of aliphatic hydroxyl groups is 1. The van der Waals surface area contributed by atoms with Crippen molar-refractivity contribution in [2.24, 2.45) is 5.92 Å². The van der Waals surface area contributed by atoms with Crippen LogP contribution in [0.25, 0.3) is 0 Å². The molecule has 0 aromatic carbocycles. The Labute approximate surface area is 99.0 Å². The Morgan fingerprint density at radius 3 is 2.50 bits per heavy atom. The average molecular weight is 230 g/mol. The summed E-state index contributed by atoms with van der Waals surface area (Å²) in [6, 6.07) is 0. The average Bonchev–Trinajstić information content (AvgIpc) is 2.29. The maximum Gasteiger partial charge on any atom is 0.236 e. The van der Waals surface area contributed by atoms with Gasteiger partial charge in [-0.25, -0.2) is 0 Å². The van der Waals surface area contributed by atoms with Crippen molar-refractivity contribution >= 4 is 5.91 Å². The second-order valence-corrected chi connectivity index (χ2v) is 4.17. The van der Waals surface area contributed by atoms with Crippen LogP contribution in [0.15, 0.2) is 0 Å². The van der Waals surface area contributed by atoms with E-state index in [0.29, 0.717) is 12.5 Å². The minimum atomic E-state index is 0.167. The molecule has 1 atom stereocenters. The number of carbonyl (C=O) groups is 1. The number of carbonyl (C=O) groups excluding carboxylic acids is 1. The van der Waals surface area contributed by atoms with Crippen molar-refractivity contribution in [3.05, 3.63) is 0 Å². The summed E-state index contributed by atoms with van der Waals surface area (Å²) in [5.74, 6) is 0.528. The van der Waals surface area contributed by atoms with E-state index in [1.165, 1.54) is 0 Å². The van der Waals surface area contributed by atoms with Gasteiger partial charge in [-0.15, -0.1) is 0 Å². The number of nitrogens with one attached hydrogen (secondary N) is 1.